The van der Waals surface area contributed by atoms with E-state index in [0.717, 1.165) is 11.3 Å². The molecule has 132 valence electrons. The number of methoxy groups -OCH3 is 1. The molecule has 2 aromatic rings. The van der Waals surface area contributed by atoms with E-state index in [1.165, 1.54) is 6.21 Å². The van der Waals surface area contributed by atoms with Gasteiger partial charge in [-0.3, -0.25) is 0 Å². The van der Waals surface area contributed by atoms with Gasteiger partial charge in [0.2, 0.25) is 6.61 Å². The summed E-state index contributed by atoms with van der Waals surface area (Å²) in [5.41, 5.74) is 0.825. The Morgan fingerprint density at radius 3 is 2.40 bits per heavy atom. The first kappa shape index (κ1) is 18.6. The quantitative estimate of drug-likeness (QED) is 0.296. The zero-order valence-corrected chi connectivity index (χ0v) is 14.4. The van der Waals surface area contributed by atoms with Gasteiger partial charge >= 0.3 is 5.97 Å². The number of esters is 1. The van der Waals surface area contributed by atoms with Crippen LogP contribution in [0.4, 0.5) is 0 Å². The van der Waals surface area contributed by atoms with Crippen molar-refractivity contribution in [3.63, 3.8) is 0 Å². The van der Waals surface area contributed by atoms with Gasteiger partial charge < -0.3 is 19.0 Å². The first-order chi connectivity index (χ1) is 12.2. The molecule has 0 aliphatic carbocycles. The Kier molecular flexibility index (Phi) is 7.59. The zero-order chi connectivity index (χ0) is 17.9. The highest BCUT2D eigenvalue weighted by molar-refractivity contribution is 6.30. The Bertz CT molecular complexity index is 686. The van der Waals surface area contributed by atoms with Gasteiger partial charge in [0.15, 0.2) is 0 Å². The maximum Gasteiger partial charge on any atom is 0.347 e. The van der Waals surface area contributed by atoms with Crippen LogP contribution in [0, 0.1) is 0 Å². The van der Waals surface area contributed by atoms with Crippen LogP contribution >= 0.6 is 11.6 Å². The molecule has 2 aromatic carbocycles. The van der Waals surface area contributed by atoms with Gasteiger partial charge in [0.05, 0.1) is 13.3 Å². The number of halogens is 1. The second-order valence-corrected chi connectivity index (χ2v) is 5.24. The molecule has 0 fully saturated rings. The van der Waals surface area contributed by atoms with Gasteiger partial charge in [0.25, 0.3) is 0 Å². The third-order valence-corrected chi connectivity index (χ3v) is 3.26. The molecule has 25 heavy (non-hydrogen) atoms. The molecule has 2 rings (SSSR count). The third-order valence-electron chi connectivity index (χ3n) is 3.00. The Morgan fingerprint density at radius 1 is 1.04 bits per heavy atom. The lowest BCUT2D eigenvalue weighted by Gasteiger charge is -2.07. The number of hydrogen-bond donors (Lipinski definition) is 0. The lowest BCUT2D eigenvalue weighted by molar-refractivity contribution is -0.149. The normalized spacial score (nSPS) is 10.5. The molecule has 0 amide bonds. The van der Waals surface area contributed by atoms with E-state index >= 15 is 0 Å². The third kappa shape index (κ3) is 7.14. The van der Waals surface area contributed by atoms with Gasteiger partial charge in [-0.25, -0.2) is 4.79 Å². The summed E-state index contributed by atoms with van der Waals surface area (Å²) in [5, 5.41) is 4.34. The fourth-order valence-electron chi connectivity index (χ4n) is 1.77. The van der Waals surface area contributed by atoms with Gasteiger partial charge in [-0.1, -0.05) is 16.8 Å². The second-order valence-electron chi connectivity index (χ2n) is 4.80. The zero-order valence-electron chi connectivity index (χ0n) is 13.7. The van der Waals surface area contributed by atoms with E-state index in [1.807, 2.05) is 12.1 Å². The smallest absolute Gasteiger partial charge is 0.347 e. The van der Waals surface area contributed by atoms with Crippen molar-refractivity contribution in [1.29, 1.82) is 0 Å². The van der Waals surface area contributed by atoms with E-state index < -0.39 is 5.97 Å². The molecule has 0 unspecified atom stereocenters. The monoisotopic (exact) mass is 363 g/mol. The maximum absolute atomic E-state index is 11.5. The average Bonchev–Trinajstić information content (AvgIpc) is 2.64. The fraction of sp³-hybridized carbons (Fsp3) is 0.222. The highest BCUT2D eigenvalue weighted by Crippen LogP contribution is 2.15. The predicted octanol–water partition coefficient (Wildman–Crippen LogP) is 3.32. The van der Waals surface area contributed by atoms with Gasteiger partial charge in [0, 0.05) is 5.02 Å². The summed E-state index contributed by atoms with van der Waals surface area (Å²) < 4.78 is 15.4. The number of carbonyl (C=O) groups is 1. The van der Waals surface area contributed by atoms with Crippen LogP contribution in [-0.2, 0) is 14.4 Å². The average molecular weight is 364 g/mol. The van der Waals surface area contributed by atoms with Crippen LogP contribution in [0.3, 0.4) is 0 Å². The molecule has 0 bridgehead atoms. The van der Waals surface area contributed by atoms with Crippen LogP contribution in [0.2, 0.25) is 5.02 Å². The van der Waals surface area contributed by atoms with Crippen molar-refractivity contribution in [2.24, 2.45) is 5.16 Å². The van der Waals surface area contributed by atoms with Crippen molar-refractivity contribution < 1.29 is 23.8 Å². The molecule has 0 spiro atoms. The Balaban J connectivity index is 1.58. The van der Waals surface area contributed by atoms with Crippen molar-refractivity contribution in [3.05, 3.63) is 59.1 Å². The molecule has 0 aliphatic rings. The molecule has 0 heterocycles. The Labute approximate surface area is 150 Å². The first-order valence-electron chi connectivity index (χ1n) is 7.51. The van der Waals surface area contributed by atoms with Gasteiger partial charge in [0.1, 0.15) is 24.7 Å². The number of nitrogens with zero attached hydrogens (tertiary/aromatic N) is 1. The lowest BCUT2D eigenvalue weighted by Crippen LogP contribution is -2.15. The van der Waals surface area contributed by atoms with Crippen LogP contribution in [0.25, 0.3) is 0 Å². The second kappa shape index (κ2) is 10.2. The van der Waals surface area contributed by atoms with Gasteiger partial charge in [-0.2, -0.15) is 0 Å². The van der Waals surface area contributed by atoms with Crippen molar-refractivity contribution in [1.82, 2.24) is 0 Å². The summed E-state index contributed by atoms with van der Waals surface area (Å²) in [6.45, 7) is 0.0864. The van der Waals surface area contributed by atoms with Crippen LogP contribution in [0.15, 0.2) is 53.7 Å². The molecule has 0 saturated heterocycles. The molecule has 0 saturated carbocycles. The maximum atomic E-state index is 11.5. The number of hydrogen-bond acceptors (Lipinski definition) is 6. The van der Waals surface area contributed by atoms with E-state index in [1.54, 1.807) is 43.5 Å². The summed E-state index contributed by atoms with van der Waals surface area (Å²) >= 11 is 5.77. The van der Waals surface area contributed by atoms with Gasteiger partial charge in [-0.05, 0) is 54.1 Å². The number of carbonyl (C=O) groups excluding carboxylic acids is 1. The Hall–Kier alpha value is -2.73. The minimum absolute atomic E-state index is 0.118. The summed E-state index contributed by atoms with van der Waals surface area (Å²) in [6, 6.07) is 14.2. The SMILES string of the molecule is COc1ccc(/C=N\OCC(=O)OCCOc2ccc(Cl)cc2)cc1. The highest BCUT2D eigenvalue weighted by Gasteiger charge is 2.03. The van der Waals surface area contributed by atoms with E-state index in [2.05, 4.69) is 5.16 Å². The molecule has 6 nitrogen and oxygen atoms in total. The van der Waals surface area contributed by atoms with Crippen LogP contribution < -0.4 is 9.47 Å². The van der Waals surface area contributed by atoms with Crippen molar-refractivity contribution in [2.45, 2.75) is 0 Å². The van der Waals surface area contributed by atoms with Crippen LogP contribution in [-0.4, -0.2) is 39.1 Å². The fourth-order valence-corrected chi connectivity index (χ4v) is 1.89. The topological polar surface area (TPSA) is 66.4 Å². The number of benzene rings is 2. The molecular weight excluding hydrogens is 346 g/mol. The number of ether oxygens (including phenoxy) is 3. The molecular formula is C18H18ClNO5. The summed E-state index contributed by atoms with van der Waals surface area (Å²) in [4.78, 5) is 16.4. The summed E-state index contributed by atoms with van der Waals surface area (Å²) in [6.07, 6.45) is 1.50. The lowest BCUT2D eigenvalue weighted by atomic mass is 10.2. The minimum atomic E-state index is -0.522. The molecule has 7 heteroatoms. The minimum Gasteiger partial charge on any atom is -0.497 e. The Morgan fingerprint density at radius 2 is 1.72 bits per heavy atom. The number of oxime groups is 1. The summed E-state index contributed by atoms with van der Waals surface area (Å²) in [7, 11) is 1.60. The van der Waals surface area contributed by atoms with E-state index in [-0.39, 0.29) is 19.8 Å². The highest BCUT2D eigenvalue weighted by atomic mass is 35.5. The summed E-state index contributed by atoms with van der Waals surface area (Å²) in [5.74, 6) is 0.884. The molecule has 0 aromatic heterocycles. The van der Waals surface area contributed by atoms with E-state index in [0.29, 0.717) is 10.8 Å². The first-order valence-corrected chi connectivity index (χ1v) is 7.88. The van der Waals surface area contributed by atoms with Crippen LogP contribution in [0.5, 0.6) is 11.5 Å². The predicted molar refractivity (Wildman–Crippen MR) is 94.4 cm³/mol. The van der Waals surface area contributed by atoms with Crippen LogP contribution in [0.1, 0.15) is 5.56 Å². The number of rotatable bonds is 9. The van der Waals surface area contributed by atoms with E-state index in [4.69, 9.17) is 30.6 Å². The molecule has 0 N–H and O–H groups in total. The molecule has 0 atom stereocenters. The molecule has 0 radical (unpaired) electrons. The molecule has 0 aliphatic heterocycles. The van der Waals surface area contributed by atoms with E-state index in [9.17, 15) is 4.79 Å². The standard InChI is InChI=1S/C18H18ClNO5/c1-22-16-6-2-14(3-7-16)12-20-25-13-18(21)24-11-10-23-17-8-4-15(19)5-9-17/h2-9,12H,10-11,13H2,1H3/b20-12-. The largest absolute Gasteiger partial charge is 0.497 e. The van der Waals surface area contributed by atoms with Crippen molar-refractivity contribution in [3.8, 4) is 11.5 Å². The van der Waals surface area contributed by atoms with Gasteiger partial charge in [-0.15, -0.1) is 0 Å². The van der Waals surface area contributed by atoms with Crippen molar-refractivity contribution >= 4 is 23.8 Å². The van der Waals surface area contributed by atoms with Crippen molar-refractivity contribution in [2.75, 3.05) is 26.9 Å².